The molecule has 38 heavy (non-hydrogen) atoms. The molecule has 6 N–H and O–H groups in total. The van der Waals surface area contributed by atoms with Crippen molar-refractivity contribution in [1.82, 2.24) is 14.9 Å². The van der Waals surface area contributed by atoms with Crippen LogP contribution < -0.4 is 27.1 Å². The van der Waals surface area contributed by atoms with E-state index >= 15 is 0 Å². The van der Waals surface area contributed by atoms with E-state index in [1.54, 1.807) is 35.7 Å². The summed E-state index contributed by atoms with van der Waals surface area (Å²) in [6.45, 7) is -0.177. The molecule has 1 aromatic carbocycles. The van der Waals surface area contributed by atoms with Gasteiger partial charge in [0.2, 0.25) is 11.7 Å². The fourth-order valence-corrected chi connectivity index (χ4v) is 4.82. The van der Waals surface area contributed by atoms with Crippen molar-refractivity contribution in [1.29, 1.82) is 0 Å². The maximum absolute atomic E-state index is 12.9. The van der Waals surface area contributed by atoms with Gasteiger partial charge in [-0.1, -0.05) is 30.3 Å². The summed E-state index contributed by atoms with van der Waals surface area (Å²) < 4.78 is 28.2. The average Bonchev–Trinajstić information content (AvgIpc) is 3.42. The molecule has 0 aliphatic rings. The van der Waals surface area contributed by atoms with Gasteiger partial charge in [0.1, 0.15) is 12.2 Å². The fourth-order valence-electron chi connectivity index (χ4n) is 3.32. The molecule has 14 heteroatoms. The number of nitrogens with zero attached hydrogens (tertiary/aromatic N) is 3. The third kappa shape index (κ3) is 8.67. The normalized spacial score (nSPS) is 12.1. The summed E-state index contributed by atoms with van der Waals surface area (Å²) in [4.78, 5) is 46.4. The molecule has 3 rings (SSSR count). The Bertz CT molecular complexity index is 1460. The van der Waals surface area contributed by atoms with E-state index in [0.29, 0.717) is 12.0 Å². The minimum atomic E-state index is -4.00. The zero-order valence-corrected chi connectivity index (χ0v) is 21.8. The molecule has 0 saturated carbocycles. The van der Waals surface area contributed by atoms with Gasteiger partial charge in [-0.25, -0.2) is 13.4 Å². The van der Waals surface area contributed by atoms with E-state index in [1.807, 2.05) is 0 Å². The minimum absolute atomic E-state index is 0.0812. The van der Waals surface area contributed by atoms with Gasteiger partial charge in [-0.15, -0.1) is 11.3 Å². The average molecular weight is 558 g/mol. The highest BCUT2D eigenvalue weighted by atomic mass is 32.2. The number of amides is 1. The van der Waals surface area contributed by atoms with Gasteiger partial charge in [0.15, 0.2) is 11.0 Å². The van der Waals surface area contributed by atoms with Crippen LogP contribution in [0, 0.1) is 0 Å². The second-order valence-corrected chi connectivity index (χ2v) is 10.4. The van der Waals surface area contributed by atoms with Gasteiger partial charge in [-0.3, -0.25) is 24.1 Å². The molecule has 0 aliphatic carbocycles. The van der Waals surface area contributed by atoms with E-state index in [1.165, 1.54) is 30.6 Å². The zero-order valence-electron chi connectivity index (χ0n) is 20.2. The lowest BCUT2D eigenvalue weighted by molar-refractivity contribution is -0.122. The van der Waals surface area contributed by atoms with Gasteiger partial charge in [-0.05, 0) is 36.6 Å². The molecular weight excluding hydrogens is 530 g/mol. The minimum Gasteiger partial charge on any atom is -0.370 e. The highest BCUT2D eigenvalue weighted by Gasteiger charge is 2.24. The van der Waals surface area contributed by atoms with E-state index in [-0.39, 0.29) is 35.4 Å². The number of nitrogens with two attached hydrogens (primary N) is 2. The first-order chi connectivity index (χ1) is 18.1. The number of rotatable bonds is 13. The lowest BCUT2D eigenvalue weighted by Gasteiger charge is -2.17. The number of thiazole rings is 1. The number of nitrogens with one attached hydrogen (secondary N) is 2. The summed E-state index contributed by atoms with van der Waals surface area (Å²) >= 11 is 1.14. The number of ketones is 1. The van der Waals surface area contributed by atoms with Crippen molar-refractivity contribution in [3.8, 4) is 0 Å². The molecule has 200 valence electrons. The highest BCUT2D eigenvalue weighted by molar-refractivity contribution is 7.95. The number of Topliss-reactive ketones (excluding diaryl/α,β-unsaturated/α-hetero) is 1. The Morgan fingerprint density at radius 1 is 1.16 bits per heavy atom. The number of carbonyl (C=O) groups is 2. The van der Waals surface area contributed by atoms with E-state index < -0.39 is 34.1 Å². The summed E-state index contributed by atoms with van der Waals surface area (Å²) in [5.74, 6) is -1.08. The molecule has 2 aromatic heterocycles. The van der Waals surface area contributed by atoms with Crippen LogP contribution in [0.3, 0.4) is 0 Å². The number of aliphatic imine (C=N–C) groups is 1. The summed E-state index contributed by atoms with van der Waals surface area (Å²) in [5, 5.41) is 5.46. The van der Waals surface area contributed by atoms with E-state index in [4.69, 9.17) is 11.5 Å². The standard InChI is InChI=1S/C24H27N7O5S2/c25-24(26)28-11-4-8-18(21(33)22-27-12-14-37-22)29-20(32)16-31-13-5-9-19(23(31)34)30-38(35,36)15-10-17-6-2-1-3-7-17/h1-3,5-7,9-10,12-15,18,30H,4,8,11,16H2,(H,29,32)(H4,25,26,28)/b15-10+. The molecule has 2 heterocycles. The molecule has 0 fully saturated rings. The number of hydrogen-bond donors (Lipinski definition) is 4. The van der Waals surface area contributed by atoms with Gasteiger partial charge >= 0.3 is 0 Å². The monoisotopic (exact) mass is 557 g/mol. The topological polar surface area (TPSA) is 192 Å². The van der Waals surface area contributed by atoms with Gasteiger partial charge < -0.3 is 21.4 Å². The molecule has 0 aliphatic heterocycles. The number of benzene rings is 1. The molecular formula is C24H27N7O5S2. The number of aromatic nitrogens is 2. The molecule has 0 saturated heterocycles. The van der Waals surface area contributed by atoms with Crippen LogP contribution in [0.15, 0.2) is 75.4 Å². The maximum atomic E-state index is 12.9. The summed E-state index contributed by atoms with van der Waals surface area (Å²) in [6, 6.07) is 10.6. The van der Waals surface area contributed by atoms with Gasteiger partial charge in [0.25, 0.3) is 15.6 Å². The number of carbonyl (C=O) groups excluding carboxylic acids is 2. The van der Waals surface area contributed by atoms with Gasteiger partial charge in [0.05, 0.1) is 11.4 Å². The van der Waals surface area contributed by atoms with Crippen molar-refractivity contribution in [2.75, 3.05) is 11.3 Å². The Labute approximate surface area is 223 Å². The van der Waals surface area contributed by atoms with Crippen LogP contribution >= 0.6 is 11.3 Å². The number of sulfonamides is 1. The van der Waals surface area contributed by atoms with Crippen molar-refractivity contribution in [2.45, 2.75) is 25.4 Å². The smallest absolute Gasteiger partial charge is 0.275 e. The van der Waals surface area contributed by atoms with Crippen molar-refractivity contribution in [2.24, 2.45) is 16.5 Å². The van der Waals surface area contributed by atoms with Gasteiger partial charge in [-0.2, -0.15) is 0 Å². The lowest BCUT2D eigenvalue weighted by atomic mass is 10.1. The molecule has 1 amide bonds. The Balaban J connectivity index is 1.69. The van der Waals surface area contributed by atoms with Crippen LogP contribution in [-0.2, 0) is 21.4 Å². The molecule has 3 aromatic rings. The first-order valence-corrected chi connectivity index (χ1v) is 13.8. The highest BCUT2D eigenvalue weighted by Crippen LogP contribution is 2.12. The van der Waals surface area contributed by atoms with Crippen LogP contribution in [0.2, 0.25) is 0 Å². The van der Waals surface area contributed by atoms with Crippen LogP contribution in [0.4, 0.5) is 5.69 Å². The first-order valence-electron chi connectivity index (χ1n) is 11.4. The Kier molecular flexibility index (Phi) is 9.90. The maximum Gasteiger partial charge on any atom is 0.275 e. The Morgan fingerprint density at radius 3 is 2.61 bits per heavy atom. The zero-order chi connectivity index (χ0) is 27.5. The van der Waals surface area contributed by atoms with Crippen LogP contribution in [-0.4, -0.2) is 48.2 Å². The van der Waals surface area contributed by atoms with Crippen LogP contribution in [0.25, 0.3) is 6.08 Å². The summed E-state index contributed by atoms with van der Waals surface area (Å²) in [5.41, 5.74) is 10.4. The SMILES string of the molecule is NC(N)=NCCCC(NC(=O)Cn1cccc(NS(=O)(=O)/C=C/c2ccccc2)c1=O)C(=O)c1nccs1. The summed E-state index contributed by atoms with van der Waals surface area (Å²) in [7, 11) is -4.00. The van der Waals surface area contributed by atoms with Crippen LogP contribution in [0.1, 0.15) is 28.2 Å². The molecule has 1 atom stereocenters. The second-order valence-electron chi connectivity index (χ2n) is 7.99. The number of anilines is 1. The lowest BCUT2D eigenvalue weighted by Crippen LogP contribution is -2.43. The molecule has 0 spiro atoms. The summed E-state index contributed by atoms with van der Waals surface area (Å²) in [6.07, 6.45) is 4.87. The molecule has 12 nitrogen and oxygen atoms in total. The third-order valence-electron chi connectivity index (χ3n) is 5.07. The van der Waals surface area contributed by atoms with E-state index in [9.17, 15) is 22.8 Å². The molecule has 1 unspecified atom stereocenters. The van der Waals surface area contributed by atoms with Crippen molar-refractivity contribution in [3.05, 3.63) is 86.6 Å². The number of pyridine rings is 1. The predicted octanol–water partition coefficient (Wildman–Crippen LogP) is 1.14. The van der Waals surface area contributed by atoms with E-state index in [0.717, 1.165) is 21.3 Å². The van der Waals surface area contributed by atoms with E-state index in [2.05, 4.69) is 20.0 Å². The Morgan fingerprint density at radius 2 is 1.92 bits per heavy atom. The van der Waals surface area contributed by atoms with Crippen molar-refractivity contribution >= 4 is 50.8 Å². The predicted molar refractivity (Wildman–Crippen MR) is 147 cm³/mol. The van der Waals surface area contributed by atoms with Crippen molar-refractivity contribution < 1.29 is 18.0 Å². The quantitative estimate of drug-likeness (QED) is 0.104. The Hall–Kier alpha value is -4.30. The van der Waals surface area contributed by atoms with Gasteiger partial charge in [0, 0.05) is 24.3 Å². The van der Waals surface area contributed by atoms with Crippen molar-refractivity contribution in [3.63, 3.8) is 0 Å². The number of guanidine groups is 1. The second kappa shape index (κ2) is 13.3. The molecule has 0 radical (unpaired) electrons. The fraction of sp³-hybridized carbons (Fsp3) is 0.208. The third-order valence-corrected chi connectivity index (χ3v) is 6.85. The largest absolute Gasteiger partial charge is 0.370 e. The molecule has 0 bridgehead atoms. The number of hydrogen-bond acceptors (Lipinski definition) is 8. The first kappa shape index (κ1) is 28.3. The van der Waals surface area contributed by atoms with Crippen LogP contribution in [0.5, 0.6) is 0 Å².